The lowest BCUT2D eigenvalue weighted by Gasteiger charge is -2.40. The second kappa shape index (κ2) is 5.45. The fourth-order valence-corrected chi connectivity index (χ4v) is 4.31. The minimum Gasteiger partial charge on any atom is -0.478 e. The van der Waals surface area contributed by atoms with E-state index in [0.29, 0.717) is 11.6 Å². The third kappa shape index (κ3) is 2.46. The lowest BCUT2D eigenvalue weighted by Crippen LogP contribution is -2.41. The molecule has 0 aliphatic carbocycles. The molecule has 2 aliphatic rings. The normalized spacial score (nSPS) is 20.1. The molecule has 3 nitrogen and oxygen atoms in total. The predicted molar refractivity (Wildman–Crippen MR) is 79.4 cm³/mol. The number of carboxylic acids is 1. The van der Waals surface area contributed by atoms with Crippen LogP contribution in [-0.4, -0.2) is 35.2 Å². The van der Waals surface area contributed by atoms with E-state index in [9.17, 15) is 9.90 Å². The average Bonchev–Trinajstić information content (AvgIpc) is 2.46. The number of rotatable bonds is 2. The fraction of sp³-hybridized carbons (Fsp3) is 0.533. The van der Waals surface area contributed by atoms with E-state index in [-0.39, 0.29) is 0 Å². The van der Waals surface area contributed by atoms with Gasteiger partial charge in [0.25, 0.3) is 0 Å². The second-order valence-electron chi connectivity index (χ2n) is 5.25. The van der Waals surface area contributed by atoms with Gasteiger partial charge in [0.15, 0.2) is 0 Å². The van der Waals surface area contributed by atoms with E-state index in [1.807, 2.05) is 17.8 Å². The summed E-state index contributed by atoms with van der Waals surface area (Å²) in [6.07, 6.45) is 4.42. The minimum atomic E-state index is -0.794. The highest BCUT2D eigenvalue weighted by molar-refractivity contribution is 7.99. The number of carbonyl (C=O) groups is 1. The molecule has 0 aromatic heterocycles. The third-order valence-electron chi connectivity index (χ3n) is 4.15. The van der Waals surface area contributed by atoms with Gasteiger partial charge in [-0.15, -0.1) is 0 Å². The summed E-state index contributed by atoms with van der Waals surface area (Å²) in [5.74, 6) is 1.67. The molecule has 0 amide bonds. The highest BCUT2D eigenvalue weighted by atomic mass is 32.2. The summed E-state index contributed by atoms with van der Waals surface area (Å²) in [5, 5.41) is 9.32. The monoisotopic (exact) mass is 277 g/mol. The van der Waals surface area contributed by atoms with Gasteiger partial charge in [-0.1, -0.05) is 6.07 Å². The first kappa shape index (κ1) is 12.9. The Morgan fingerprint density at radius 2 is 2.11 bits per heavy atom. The summed E-state index contributed by atoms with van der Waals surface area (Å²) in [6.45, 7) is 1.07. The SMILES string of the molecule is O=C(O)c1cccc2c1CCCN2C1CCSCC1. The molecule has 3 rings (SSSR count). The molecule has 1 aromatic rings. The number of anilines is 1. The number of carboxylic acid groups (broad SMARTS) is 1. The molecule has 0 unspecified atom stereocenters. The van der Waals surface area contributed by atoms with Crippen molar-refractivity contribution in [2.45, 2.75) is 31.7 Å². The third-order valence-corrected chi connectivity index (χ3v) is 5.20. The van der Waals surface area contributed by atoms with Crippen LogP contribution in [0.4, 0.5) is 5.69 Å². The zero-order chi connectivity index (χ0) is 13.2. The van der Waals surface area contributed by atoms with Gasteiger partial charge in [-0.3, -0.25) is 0 Å². The molecule has 4 heteroatoms. The summed E-state index contributed by atoms with van der Waals surface area (Å²) in [7, 11) is 0. The number of hydrogen-bond donors (Lipinski definition) is 1. The zero-order valence-electron chi connectivity index (χ0n) is 11.0. The maximum atomic E-state index is 11.3. The van der Waals surface area contributed by atoms with E-state index in [1.165, 1.54) is 30.0 Å². The van der Waals surface area contributed by atoms with Crippen molar-refractivity contribution >= 4 is 23.4 Å². The number of fused-ring (bicyclic) bond motifs is 1. The molecule has 1 fully saturated rings. The highest BCUT2D eigenvalue weighted by Crippen LogP contribution is 2.34. The largest absolute Gasteiger partial charge is 0.478 e. The standard InChI is InChI=1S/C15H19NO2S/c17-15(18)13-3-1-5-14-12(13)4-2-8-16(14)11-6-9-19-10-7-11/h1,3,5,11H,2,4,6-10H2,(H,17,18). The molecule has 1 aromatic carbocycles. The number of benzene rings is 1. The molecule has 102 valence electrons. The van der Waals surface area contributed by atoms with Crippen molar-refractivity contribution in [1.82, 2.24) is 0 Å². The molecule has 0 bridgehead atoms. The second-order valence-corrected chi connectivity index (χ2v) is 6.47. The Hall–Kier alpha value is -1.16. The van der Waals surface area contributed by atoms with Gasteiger partial charge in [0.05, 0.1) is 5.56 Å². The van der Waals surface area contributed by atoms with Gasteiger partial charge in [0.1, 0.15) is 0 Å². The smallest absolute Gasteiger partial charge is 0.336 e. The van der Waals surface area contributed by atoms with Crippen LogP contribution >= 0.6 is 11.8 Å². The average molecular weight is 277 g/mol. The number of thioether (sulfide) groups is 1. The van der Waals surface area contributed by atoms with Gasteiger partial charge >= 0.3 is 5.97 Å². The van der Waals surface area contributed by atoms with Crippen LogP contribution in [0.15, 0.2) is 18.2 Å². The van der Waals surface area contributed by atoms with E-state index in [0.717, 1.165) is 24.9 Å². The molecule has 2 heterocycles. The van der Waals surface area contributed by atoms with Crippen LogP contribution in [0.25, 0.3) is 0 Å². The van der Waals surface area contributed by atoms with Crippen molar-refractivity contribution < 1.29 is 9.90 Å². The van der Waals surface area contributed by atoms with Crippen molar-refractivity contribution in [1.29, 1.82) is 0 Å². The Bertz CT molecular complexity index is 483. The van der Waals surface area contributed by atoms with Gasteiger partial charge in [-0.2, -0.15) is 11.8 Å². The first-order chi connectivity index (χ1) is 9.27. The summed E-state index contributed by atoms with van der Waals surface area (Å²) < 4.78 is 0. The van der Waals surface area contributed by atoms with Gasteiger partial charge in [-0.05, 0) is 54.9 Å². The lowest BCUT2D eigenvalue weighted by molar-refractivity contribution is 0.0695. The number of aromatic carboxylic acids is 1. The molecule has 0 saturated carbocycles. The van der Waals surface area contributed by atoms with E-state index in [1.54, 1.807) is 6.07 Å². The molecule has 0 spiro atoms. The Morgan fingerprint density at radius 1 is 1.32 bits per heavy atom. The Labute approximate surface area is 118 Å². The fourth-order valence-electron chi connectivity index (χ4n) is 3.23. The number of nitrogens with zero attached hydrogens (tertiary/aromatic N) is 1. The molecule has 0 atom stereocenters. The van der Waals surface area contributed by atoms with Crippen LogP contribution in [0.3, 0.4) is 0 Å². The van der Waals surface area contributed by atoms with Crippen molar-refractivity contribution in [2.24, 2.45) is 0 Å². The topological polar surface area (TPSA) is 40.5 Å². The van der Waals surface area contributed by atoms with Crippen molar-refractivity contribution in [3.63, 3.8) is 0 Å². The van der Waals surface area contributed by atoms with Crippen molar-refractivity contribution in [2.75, 3.05) is 23.0 Å². The molecule has 0 radical (unpaired) electrons. The van der Waals surface area contributed by atoms with Crippen LogP contribution in [0, 0.1) is 0 Å². The first-order valence-electron chi connectivity index (χ1n) is 6.97. The van der Waals surface area contributed by atoms with Crippen LogP contribution in [0.2, 0.25) is 0 Å². The molecule has 1 saturated heterocycles. The van der Waals surface area contributed by atoms with Crippen LogP contribution < -0.4 is 4.90 Å². The number of hydrogen-bond acceptors (Lipinski definition) is 3. The Balaban J connectivity index is 1.95. The summed E-state index contributed by atoms with van der Waals surface area (Å²) in [5.41, 5.74) is 2.70. The highest BCUT2D eigenvalue weighted by Gasteiger charge is 2.27. The van der Waals surface area contributed by atoms with Crippen molar-refractivity contribution in [3.8, 4) is 0 Å². The molecular formula is C15H19NO2S. The summed E-state index contributed by atoms with van der Waals surface area (Å²) >= 11 is 2.03. The van der Waals surface area contributed by atoms with E-state index >= 15 is 0 Å². The van der Waals surface area contributed by atoms with Gasteiger partial charge in [0, 0.05) is 18.3 Å². The molecule has 1 N–H and O–H groups in total. The first-order valence-corrected chi connectivity index (χ1v) is 8.12. The van der Waals surface area contributed by atoms with Crippen LogP contribution in [-0.2, 0) is 6.42 Å². The summed E-state index contributed by atoms with van der Waals surface area (Å²) in [4.78, 5) is 13.8. The lowest BCUT2D eigenvalue weighted by atomic mass is 9.94. The van der Waals surface area contributed by atoms with E-state index in [4.69, 9.17) is 0 Å². The van der Waals surface area contributed by atoms with E-state index in [2.05, 4.69) is 11.0 Å². The minimum absolute atomic E-state index is 0.493. The quantitative estimate of drug-likeness (QED) is 0.902. The molecule has 2 aliphatic heterocycles. The predicted octanol–water partition coefficient (Wildman–Crippen LogP) is 3.03. The van der Waals surface area contributed by atoms with Crippen LogP contribution in [0.5, 0.6) is 0 Å². The van der Waals surface area contributed by atoms with E-state index < -0.39 is 5.97 Å². The Morgan fingerprint density at radius 3 is 2.84 bits per heavy atom. The molecule has 19 heavy (non-hydrogen) atoms. The van der Waals surface area contributed by atoms with Crippen LogP contribution in [0.1, 0.15) is 35.2 Å². The Kier molecular flexibility index (Phi) is 3.69. The summed E-state index contributed by atoms with van der Waals surface area (Å²) in [6, 6.07) is 6.33. The maximum Gasteiger partial charge on any atom is 0.336 e. The van der Waals surface area contributed by atoms with Gasteiger partial charge < -0.3 is 10.0 Å². The zero-order valence-corrected chi connectivity index (χ0v) is 11.8. The van der Waals surface area contributed by atoms with Gasteiger partial charge in [-0.25, -0.2) is 4.79 Å². The maximum absolute atomic E-state index is 11.3. The van der Waals surface area contributed by atoms with Gasteiger partial charge in [0.2, 0.25) is 0 Å². The van der Waals surface area contributed by atoms with Crippen molar-refractivity contribution in [3.05, 3.63) is 29.3 Å². The molecular weight excluding hydrogens is 258 g/mol.